The summed E-state index contributed by atoms with van der Waals surface area (Å²) in [7, 11) is 1.95. The van der Waals surface area contributed by atoms with Crippen molar-refractivity contribution in [2.24, 2.45) is 7.05 Å². The highest BCUT2D eigenvalue weighted by Gasteiger charge is 2.12. The number of carbonyl (C=O) groups excluding carboxylic acids is 1. The largest absolute Gasteiger partial charge is 0.351 e. The first-order chi connectivity index (χ1) is 8.75. The number of nitrogens with zero attached hydrogens (tertiary/aromatic N) is 3. The minimum atomic E-state index is -0.163. The Kier molecular flexibility index (Phi) is 2.56. The van der Waals surface area contributed by atoms with Crippen LogP contribution in [0.2, 0.25) is 0 Å². The first kappa shape index (κ1) is 10.9. The van der Waals surface area contributed by atoms with E-state index < -0.39 is 0 Å². The highest BCUT2D eigenvalue weighted by Crippen LogP contribution is 2.20. The third kappa shape index (κ3) is 1.76. The first-order valence-corrected chi connectivity index (χ1v) is 6.25. The Labute approximate surface area is 107 Å². The molecule has 0 radical (unpaired) electrons. The van der Waals surface area contributed by atoms with Crippen molar-refractivity contribution in [3.05, 3.63) is 41.5 Å². The normalized spacial score (nSPS) is 10.7. The molecule has 0 atom stereocenters. The summed E-state index contributed by atoms with van der Waals surface area (Å²) in [5, 5.41) is 11.7. The predicted molar refractivity (Wildman–Crippen MR) is 70.8 cm³/mol. The first-order valence-electron chi connectivity index (χ1n) is 5.37. The molecule has 1 amide bonds. The van der Waals surface area contributed by atoms with Gasteiger partial charge in [0.1, 0.15) is 5.51 Å². The summed E-state index contributed by atoms with van der Waals surface area (Å²) in [5.41, 5.74) is 3.25. The maximum Gasteiger partial charge on any atom is 0.258 e. The van der Waals surface area contributed by atoms with Crippen molar-refractivity contribution in [1.29, 1.82) is 0 Å². The fourth-order valence-electron chi connectivity index (χ4n) is 1.89. The van der Waals surface area contributed by atoms with Crippen molar-refractivity contribution in [3.8, 4) is 0 Å². The van der Waals surface area contributed by atoms with Crippen LogP contribution in [0.4, 0.5) is 5.13 Å². The Morgan fingerprint density at radius 3 is 3.06 bits per heavy atom. The van der Waals surface area contributed by atoms with Gasteiger partial charge in [-0.15, -0.1) is 10.2 Å². The van der Waals surface area contributed by atoms with E-state index in [-0.39, 0.29) is 5.91 Å². The maximum absolute atomic E-state index is 12.2. The number of amides is 1. The van der Waals surface area contributed by atoms with Gasteiger partial charge < -0.3 is 4.57 Å². The number of aromatic nitrogens is 3. The molecule has 90 valence electrons. The van der Waals surface area contributed by atoms with Gasteiger partial charge in [0.2, 0.25) is 5.13 Å². The van der Waals surface area contributed by atoms with Gasteiger partial charge in [0.25, 0.3) is 5.91 Å². The minimum absolute atomic E-state index is 0.163. The molecule has 3 rings (SSSR count). The van der Waals surface area contributed by atoms with E-state index in [4.69, 9.17) is 0 Å². The summed E-state index contributed by atoms with van der Waals surface area (Å²) in [5.74, 6) is -0.163. The van der Waals surface area contributed by atoms with E-state index in [9.17, 15) is 4.79 Å². The van der Waals surface area contributed by atoms with Crippen LogP contribution in [0.25, 0.3) is 10.9 Å². The molecule has 5 nitrogen and oxygen atoms in total. The number of aryl methyl sites for hydroxylation is 1. The molecule has 6 heteroatoms. The molecular formula is C12H10N4OS. The second-order valence-electron chi connectivity index (χ2n) is 3.86. The fraction of sp³-hybridized carbons (Fsp3) is 0.0833. The predicted octanol–water partition coefficient (Wildman–Crippen LogP) is 2.28. The molecule has 0 spiro atoms. The molecule has 2 heterocycles. The van der Waals surface area contributed by atoms with Gasteiger partial charge in [-0.2, -0.15) is 0 Å². The fourth-order valence-corrected chi connectivity index (χ4v) is 2.33. The third-order valence-corrected chi connectivity index (χ3v) is 3.36. The van der Waals surface area contributed by atoms with Crippen LogP contribution in [0.1, 0.15) is 10.4 Å². The smallest absolute Gasteiger partial charge is 0.258 e. The van der Waals surface area contributed by atoms with Gasteiger partial charge in [-0.3, -0.25) is 10.1 Å². The average molecular weight is 258 g/mol. The van der Waals surface area contributed by atoms with Crippen molar-refractivity contribution >= 4 is 33.3 Å². The van der Waals surface area contributed by atoms with Crippen molar-refractivity contribution in [3.63, 3.8) is 0 Å². The van der Waals surface area contributed by atoms with E-state index in [0.717, 1.165) is 10.9 Å². The zero-order valence-electron chi connectivity index (χ0n) is 9.62. The quantitative estimate of drug-likeness (QED) is 0.767. The van der Waals surface area contributed by atoms with Gasteiger partial charge in [-0.05, 0) is 18.2 Å². The molecule has 0 bridgehead atoms. The van der Waals surface area contributed by atoms with Crippen LogP contribution in [0.3, 0.4) is 0 Å². The summed E-state index contributed by atoms with van der Waals surface area (Å²) < 4.78 is 1.98. The summed E-state index contributed by atoms with van der Waals surface area (Å²) in [6.07, 6.45) is 1.94. The Hall–Kier alpha value is -2.21. The molecule has 0 fully saturated rings. The van der Waals surface area contributed by atoms with Crippen LogP contribution in [0, 0.1) is 0 Å². The van der Waals surface area contributed by atoms with E-state index in [2.05, 4.69) is 15.5 Å². The van der Waals surface area contributed by atoms with Gasteiger partial charge in [0.15, 0.2) is 0 Å². The number of anilines is 1. The zero-order valence-corrected chi connectivity index (χ0v) is 10.4. The van der Waals surface area contributed by atoms with Crippen LogP contribution in [0.15, 0.2) is 36.0 Å². The molecule has 3 aromatic rings. The molecule has 0 aliphatic rings. The Morgan fingerprint density at radius 1 is 1.39 bits per heavy atom. The topological polar surface area (TPSA) is 59.8 Å². The Bertz CT molecular complexity index is 702. The molecule has 0 saturated heterocycles. The van der Waals surface area contributed by atoms with Crippen molar-refractivity contribution in [2.75, 3.05) is 5.32 Å². The van der Waals surface area contributed by atoms with E-state index in [1.807, 2.05) is 36.0 Å². The molecule has 0 aliphatic heterocycles. The summed E-state index contributed by atoms with van der Waals surface area (Å²) in [6.45, 7) is 0. The van der Waals surface area contributed by atoms with Crippen LogP contribution >= 0.6 is 11.3 Å². The minimum Gasteiger partial charge on any atom is -0.351 e. The molecule has 0 saturated carbocycles. The molecule has 0 aliphatic carbocycles. The highest BCUT2D eigenvalue weighted by molar-refractivity contribution is 7.13. The molecule has 0 unspecified atom stereocenters. The van der Waals surface area contributed by atoms with Gasteiger partial charge in [0.05, 0.1) is 0 Å². The van der Waals surface area contributed by atoms with Crippen LogP contribution in [0.5, 0.6) is 0 Å². The van der Waals surface area contributed by atoms with Crippen molar-refractivity contribution in [2.45, 2.75) is 0 Å². The van der Waals surface area contributed by atoms with E-state index in [1.54, 1.807) is 11.6 Å². The third-order valence-electron chi connectivity index (χ3n) is 2.75. The van der Waals surface area contributed by atoms with Gasteiger partial charge >= 0.3 is 0 Å². The number of fused-ring (bicyclic) bond motifs is 1. The highest BCUT2D eigenvalue weighted by atomic mass is 32.1. The van der Waals surface area contributed by atoms with Crippen LogP contribution in [-0.2, 0) is 7.05 Å². The number of carbonyl (C=O) groups is 1. The van der Waals surface area contributed by atoms with Crippen LogP contribution in [-0.4, -0.2) is 20.7 Å². The monoisotopic (exact) mass is 258 g/mol. The van der Waals surface area contributed by atoms with Crippen molar-refractivity contribution in [1.82, 2.24) is 14.8 Å². The molecule has 1 aromatic carbocycles. The SMILES string of the molecule is Cn1ccc2c(C(=O)Nc3nncs3)cccc21. The molecule has 1 N–H and O–H groups in total. The number of hydrogen-bond acceptors (Lipinski definition) is 4. The number of benzene rings is 1. The standard InChI is InChI=1S/C12H10N4OS/c1-16-6-5-8-9(3-2-4-10(8)16)11(17)14-12-15-13-7-18-12/h2-7H,1H3,(H,14,15,17). The Morgan fingerprint density at radius 2 is 2.28 bits per heavy atom. The average Bonchev–Trinajstić information content (AvgIpc) is 3.00. The van der Waals surface area contributed by atoms with Crippen LogP contribution < -0.4 is 5.32 Å². The lowest BCUT2D eigenvalue weighted by Gasteiger charge is -2.03. The summed E-state index contributed by atoms with van der Waals surface area (Å²) in [6, 6.07) is 7.59. The lowest BCUT2D eigenvalue weighted by Crippen LogP contribution is -2.12. The molecular weight excluding hydrogens is 248 g/mol. The second-order valence-corrected chi connectivity index (χ2v) is 4.70. The molecule has 18 heavy (non-hydrogen) atoms. The summed E-state index contributed by atoms with van der Waals surface area (Å²) in [4.78, 5) is 12.2. The molecule has 2 aromatic heterocycles. The van der Waals surface area contributed by atoms with E-state index >= 15 is 0 Å². The van der Waals surface area contributed by atoms with Gasteiger partial charge in [-0.25, -0.2) is 0 Å². The Balaban J connectivity index is 2.01. The van der Waals surface area contributed by atoms with Gasteiger partial charge in [-0.1, -0.05) is 17.4 Å². The zero-order chi connectivity index (χ0) is 12.5. The second kappa shape index (κ2) is 4.23. The summed E-state index contributed by atoms with van der Waals surface area (Å²) >= 11 is 1.30. The number of hydrogen-bond donors (Lipinski definition) is 1. The van der Waals surface area contributed by atoms with Crippen molar-refractivity contribution < 1.29 is 4.79 Å². The van der Waals surface area contributed by atoms with E-state index in [1.165, 1.54) is 11.3 Å². The number of rotatable bonds is 2. The lowest BCUT2D eigenvalue weighted by molar-refractivity contribution is 0.102. The number of nitrogens with one attached hydrogen (secondary N) is 1. The maximum atomic E-state index is 12.2. The van der Waals surface area contributed by atoms with Gasteiger partial charge in [0, 0.05) is 29.7 Å². The van der Waals surface area contributed by atoms with E-state index in [0.29, 0.717) is 10.7 Å². The lowest BCUT2D eigenvalue weighted by atomic mass is 10.1.